The molecule has 4 rings (SSSR count). The Bertz CT molecular complexity index is 1370. The molecule has 33 heavy (non-hydrogen) atoms. The van der Waals surface area contributed by atoms with Crippen LogP contribution < -0.4 is 15.6 Å². The van der Waals surface area contributed by atoms with Crippen LogP contribution in [0.15, 0.2) is 39.3 Å². The fourth-order valence-electron chi connectivity index (χ4n) is 3.53. The first-order valence-electron chi connectivity index (χ1n) is 10.4. The van der Waals surface area contributed by atoms with Crippen molar-refractivity contribution < 1.29 is 23.3 Å². The van der Waals surface area contributed by atoms with Crippen molar-refractivity contribution >= 4 is 22.9 Å². The van der Waals surface area contributed by atoms with Crippen molar-refractivity contribution in [1.29, 1.82) is 0 Å². The minimum atomic E-state index is -0.534. The molecule has 3 aromatic heterocycles. The van der Waals surface area contributed by atoms with Crippen molar-refractivity contribution in [2.45, 2.75) is 34.6 Å². The number of nitrogens with zero attached hydrogens (tertiary/aromatic N) is 2. The SMILES string of the molecule is Cc1ccc(C)c(OCC(=O)NNC(=O)c2cc(-c3cc(C)oc3C)nc3onc(C)c23)c1. The number of amides is 2. The molecule has 1 aromatic carbocycles. The Morgan fingerprint density at radius 2 is 1.82 bits per heavy atom. The van der Waals surface area contributed by atoms with Gasteiger partial charge in [0.15, 0.2) is 6.61 Å². The summed E-state index contributed by atoms with van der Waals surface area (Å²) >= 11 is 0. The minimum absolute atomic E-state index is 0.220. The van der Waals surface area contributed by atoms with Gasteiger partial charge >= 0.3 is 0 Å². The number of nitrogens with one attached hydrogen (secondary N) is 2. The van der Waals surface area contributed by atoms with Crippen LogP contribution in [0.5, 0.6) is 5.75 Å². The lowest BCUT2D eigenvalue weighted by Crippen LogP contribution is -2.44. The largest absolute Gasteiger partial charge is 0.483 e. The van der Waals surface area contributed by atoms with Crippen molar-refractivity contribution in [3.8, 4) is 17.0 Å². The molecule has 0 saturated heterocycles. The average molecular weight is 448 g/mol. The summed E-state index contributed by atoms with van der Waals surface area (Å²) in [6.07, 6.45) is 0. The minimum Gasteiger partial charge on any atom is -0.483 e. The van der Waals surface area contributed by atoms with Gasteiger partial charge in [0, 0.05) is 5.56 Å². The van der Waals surface area contributed by atoms with E-state index in [9.17, 15) is 9.59 Å². The second-order valence-corrected chi connectivity index (χ2v) is 7.89. The fourth-order valence-corrected chi connectivity index (χ4v) is 3.53. The standard InChI is InChI=1S/C24H24N4O5/c1-12-6-7-13(2)20(8-12)31-11-21(29)26-27-23(30)18-10-19(17-9-14(3)32-16(17)5)25-24-22(18)15(4)28-33-24/h6-10H,11H2,1-5H3,(H,26,29)(H,27,30). The number of carbonyl (C=O) groups excluding carboxylic acids is 2. The average Bonchev–Trinajstić information content (AvgIpc) is 3.33. The number of aryl methyl sites for hydroxylation is 5. The maximum Gasteiger partial charge on any atom is 0.276 e. The molecule has 0 aliphatic carbocycles. The van der Waals surface area contributed by atoms with Gasteiger partial charge in [-0.15, -0.1) is 0 Å². The monoisotopic (exact) mass is 448 g/mol. The Morgan fingerprint density at radius 1 is 1.03 bits per heavy atom. The van der Waals surface area contributed by atoms with E-state index in [2.05, 4.69) is 21.0 Å². The van der Waals surface area contributed by atoms with Crippen LogP contribution in [-0.4, -0.2) is 28.6 Å². The van der Waals surface area contributed by atoms with Gasteiger partial charge in [0.25, 0.3) is 17.5 Å². The molecule has 0 aliphatic rings. The van der Waals surface area contributed by atoms with Gasteiger partial charge in [0.05, 0.1) is 22.3 Å². The number of benzene rings is 1. The molecule has 170 valence electrons. The molecule has 2 N–H and O–H groups in total. The molecule has 0 bridgehead atoms. The Balaban J connectivity index is 1.51. The molecule has 0 unspecified atom stereocenters. The molecule has 0 atom stereocenters. The van der Waals surface area contributed by atoms with Gasteiger partial charge in [-0.1, -0.05) is 17.3 Å². The lowest BCUT2D eigenvalue weighted by atomic mass is 10.1. The molecule has 0 radical (unpaired) electrons. The van der Waals surface area contributed by atoms with Crippen LogP contribution in [-0.2, 0) is 4.79 Å². The second-order valence-electron chi connectivity index (χ2n) is 7.89. The zero-order chi connectivity index (χ0) is 23.7. The van der Waals surface area contributed by atoms with Gasteiger partial charge < -0.3 is 13.7 Å². The van der Waals surface area contributed by atoms with Gasteiger partial charge in [-0.25, -0.2) is 4.98 Å². The first-order chi connectivity index (χ1) is 15.7. The number of fused-ring (bicyclic) bond motifs is 1. The normalized spacial score (nSPS) is 10.9. The molecular formula is C24H24N4O5. The molecule has 9 nitrogen and oxygen atoms in total. The quantitative estimate of drug-likeness (QED) is 0.445. The van der Waals surface area contributed by atoms with E-state index < -0.39 is 11.8 Å². The number of rotatable bonds is 5. The second kappa shape index (κ2) is 8.78. The highest BCUT2D eigenvalue weighted by molar-refractivity contribution is 6.07. The van der Waals surface area contributed by atoms with Gasteiger partial charge in [0.1, 0.15) is 17.3 Å². The van der Waals surface area contributed by atoms with Crippen LogP contribution >= 0.6 is 0 Å². The molecule has 3 heterocycles. The lowest BCUT2D eigenvalue weighted by Gasteiger charge is -2.11. The van der Waals surface area contributed by atoms with Crippen molar-refractivity contribution in [1.82, 2.24) is 21.0 Å². The van der Waals surface area contributed by atoms with E-state index in [0.29, 0.717) is 28.3 Å². The number of hydrogen-bond donors (Lipinski definition) is 2. The van der Waals surface area contributed by atoms with Crippen LogP contribution in [0.4, 0.5) is 0 Å². The van der Waals surface area contributed by atoms with Gasteiger partial charge in [-0.2, -0.15) is 0 Å². The number of pyridine rings is 1. The molecule has 2 amide bonds. The van der Waals surface area contributed by atoms with E-state index in [1.54, 1.807) is 13.0 Å². The summed E-state index contributed by atoms with van der Waals surface area (Å²) in [7, 11) is 0. The van der Waals surface area contributed by atoms with Crippen LogP contribution in [0.2, 0.25) is 0 Å². The van der Waals surface area contributed by atoms with Crippen LogP contribution in [0.25, 0.3) is 22.4 Å². The summed E-state index contributed by atoms with van der Waals surface area (Å²) in [5.41, 5.74) is 8.99. The maximum absolute atomic E-state index is 13.0. The highest BCUT2D eigenvalue weighted by Crippen LogP contribution is 2.30. The summed E-state index contributed by atoms with van der Waals surface area (Å²) in [5, 5.41) is 4.39. The summed E-state index contributed by atoms with van der Waals surface area (Å²) in [6, 6.07) is 9.19. The predicted octanol–water partition coefficient (Wildman–Crippen LogP) is 3.86. The molecule has 0 fully saturated rings. The van der Waals surface area contributed by atoms with Crippen LogP contribution in [0.1, 0.15) is 38.7 Å². The smallest absolute Gasteiger partial charge is 0.276 e. The zero-order valence-electron chi connectivity index (χ0n) is 19.0. The number of hydrazine groups is 1. The molecule has 0 saturated carbocycles. The van der Waals surface area contributed by atoms with E-state index in [4.69, 9.17) is 13.7 Å². The highest BCUT2D eigenvalue weighted by Gasteiger charge is 2.21. The van der Waals surface area contributed by atoms with E-state index in [-0.39, 0.29) is 17.9 Å². The number of aromatic nitrogens is 2. The Morgan fingerprint density at radius 3 is 2.55 bits per heavy atom. The molecule has 4 aromatic rings. The predicted molar refractivity (Wildman–Crippen MR) is 121 cm³/mol. The first kappa shape index (κ1) is 22.1. The zero-order valence-corrected chi connectivity index (χ0v) is 19.0. The van der Waals surface area contributed by atoms with E-state index in [1.807, 2.05) is 52.0 Å². The summed E-state index contributed by atoms with van der Waals surface area (Å²) in [6.45, 7) is 8.95. The van der Waals surface area contributed by atoms with Crippen molar-refractivity contribution in [3.05, 3.63) is 64.2 Å². The number of ether oxygens (including phenoxy) is 1. The summed E-state index contributed by atoms with van der Waals surface area (Å²) in [4.78, 5) is 29.7. The number of hydrogen-bond acceptors (Lipinski definition) is 7. The van der Waals surface area contributed by atoms with Gasteiger partial charge in [-0.05, 0) is 63.9 Å². The topological polar surface area (TPSA) is 119 Å². The fraction of sp³-hybridized carbons (Fsp3) is 0.250. The Labute approximate surface area is 190 Å². The first-order valence-corrected chi connectivity index (χ1v) is 10.4. The molecule has 0 spiro atoms. The maximum atomic E-state index is 13.0. The van der Waals surface area contributed by atoms with Gasteiger partial charge in [0.2, 0.25) is 0 Å². The summed E-state index contributed by atoms with van der Waals surface area (Å²) in [5.74, 6) is 0.966. The molecule has 9 heteroatoms. The third kappa shape index (κ3) is 4.57. The van der Waals surface area contributed by atoms with E-state index in [0.717, 1.165) is 22.5 Å². The third-order valence-electron chi connectivity index (χ3n) is 5.20. The lowest BCUT2D eigenvalue weighted by molar-refractivity contribution is -0.123. The Hall–Kier alpha value is -4.14. The van der Waals surface area contributed by atoms with Gasteiger partial charge in [-0.3, -0.25) is 20.4 Å². The molecule has 0 aliphatic heterocycles. The third-order valence-corrected chi connectivity index (χ3v) is 5.20. The van der Waals surface area contributed by atoms with Crippen molar-refractivity contribution in [3.63, 3.8) is 0 Å². The number of carbonyl (C=O) groups is 2. The van der Waals surface area contributed by atoms with E-state index >= 15 is 0 Å². The highest BCUT2D eigenvalue weighted by atomic mass is 16.5. The van der Waals surface area contributed by atoms with E-state index in [1.165, 1.54) is 0 Å². The molecular weight excluding hydrogens is 424 g/mol. The van der Waals surface area contributed by atoms with Crippen molar-refractivity contribution in [2.75, 3.05) is 6.61 Å². The Kier molecular flexibility index (Phi) is 5.87. The van der Waals surface area contributed by atoms with Crippen LogP contribution in [0.3, 0.4) is 0 Å². The summed E-state index contributed by atoms with van der Waals surface area (Å²) < 4.78 is 16.5. The van der Waals surface area contributed by atoms with Crippen molar-refractivity contribution in [2.24, 2.45) is 0 Å². The van der Waals surface area contributed by atoms with Crippen LogP contribution in [0, 0.1) is 34.6 Å². The number of furan rings is 1.